The maximum Gasteiger partial charge on any atom is 0.274 e. The Labute approximate surface area is 117 Å². The zero-order chi connectivity index (χ0) is 13.8. The second kappa shape index (κ2) is 6.21. The van der Waals surface area contributed by atoms with Crippen LogP contribution in [0.15, 0.2) is 6.20 Å². The van der Waals surface area contributed by atoms with Gasteiger partial charge in [0, 0.05) is 30.5 Å². The van der Waals surface area contributed by atoms with Crippen LogP contribution in [0, 0.1) is 0 Å². The average molecular weight is 281 g/mol. The third-order valence-corrected chi connectivity index (χ3v) is 3.92. The maximum absolute atomic E-state index is 12.5. The Hall–Kier alpha value is -1.34. The van der Waals surface area contributed by atoms with Crippen LogP contribution in [0.4, 0.5) is 5.69 Å². The molecule has 0 spiro atoms. The fourth-order valence-corrected chi connectivity index (χ4v) is 2.76. The minimum absolute atomic E-state index is 0.0717. The summed E-state index contributed by atoms with van der Waals surface area (Å²) in [6.45, 7) is 5.51. The van der Waals surface area contributed by atoms with Gasteiger partial charge in [-0.25, -0.2) is 9.97 Å². The van der Waals surface area contributed by atoms with Crippen LogP contribution in [0.1, 0.15) is 36.1 Å². The number of amides is 1. The number of carbonyl (C=O) groups is 1. The molecule has 2 heterocycles. The first-order chi connectivity index (χ1) is 9.13. The van der Waals surface area contributed by atoms with Gasteiger partial charge >= 0.3 is 0 Å². The number of hydrogen-bond donors (Lipinski definition) is 2. The molecule has 0 atom stereocenters. The molecular formula is C12H19N5OS. The summed E-state index contributed by atoms with van der Waals surface area (Å²) in [6, 6.07) is 0. The summed E-state index contributed by atoms with van der Waals surface area (Å²) < 4.78 is 0. The van der Waals surface area contributed by atoms with E-state index in [1.807, 2.05) is 30.5 Å². The lowest BCUT2D eigenvalue weighted by Gasteiger charge is -2.26. The summed E-state index contributed by atoms with van der Waals surface area (Å²) in [6.07, 6.45) is 1.58. The Morgan fingerprint density at radius 3 is 2.74 bits per heavy atom. The van der Waals surface area contributed by atoms with Crippen molar-refractivity contribution in [2.24, 2.45) is 5.84 Å². The Morgan fingerprint density at radius 2 is 2.16 bits per heavy atom. The van der Waals surface area contributed by atoms with E-state index in [0.29, 0.717) is 17.2 Å². The van der Waals surface area contributed by atoms with Gasteiger partial charge in [-0.15, -0.1) is 0 Å². The molecule has 1 aliphatic rings. The first-order valence-corrected chi connectivity index (χ1v) is 7.49. The first kappa shape index (κ1) is 14.1. The highest BCUT2D eigenvalue weighted by atomic mass is 32.2. The number of anilines is 1. The third kappa shape index (κ3) is 3.16. The van der Waals surface area contributed by atoms with E-state index in [9.17, 15) is 4.79 Å². The summed E-state index contributed by atoms with van der Waals surface area (Å²) in [5.74, 6) is 8.15. The monoisotopic (exact) mass is 281 g/mol. The van der Waals surface area contributed by atoms with Crippen molar-refractivity contribution in [1.82, 2.24) is 14.9 Å². The van der Waals surface area contributed by atoms with Crippen LogP contribution >= 0.6 is 11.8 Å². The van der Waals surface area contributed by atoms with Gasteiger partial charge in [0.2, 0.25) is 0 Å². The van der Waals surface area contributed by atoms with Gasteiger partial charge in [0.15, 0.2) is 5.69 Å². The van der Waals surface area contributed by atoms with Crippen molar-refractivity contribution in [3.05, 3.63) is 17.7 Å². The number of nitrogens with one attached hydrogen (secondary N) is 1. The van der Waals surface area contributed by atoms with Crippen molar-refractivity contribution in [2.45, 2.75) is 19.8 Å². The summed E-state index contributed by atoms with van der Waals surface area (Å²) >= 11 is 1.86. The maximum atomic E-state index is 12.5. The summed E-state index contributed by atoms with van der Waals surface area (Å²) in [7, 11) is 0. The predicted octanol–water partition coefficient (Wildman–Crippen LogP) is 1.07. The van der Waals surface area contributed by atoms with Gasteiger partial charge in [0.1, 0.15) is 5.82 Å². The molecule has 0 bridgehead atoms. The molecule has 1 aromatic heterocycles. The van der Waals surface area contributed by atoms with Gasteiger partial charge in [0.25, 0.3) is 5.91 Å². The molecule has 19 heavy (non-hydrogen) atoms. The van der Waals surface area contributed by atoms with E-state index in [0.717, 1.165) is 24.6 Å². The smallest absolute Gasteiger partial charge is 0.274 e. The fraction of sp³-hybridized carbons (Fsp3) is 0.583. The highest BCUT2D eigenvalue weighted by molar-refractivity contribution is 7.99. The molecular weight excluding hydrogens is 262 g/mol. The molecule has 1 saturated heterocycles. The molecule has 0 aromatic carbocycles. The number of nitrogen functional groups attached to an aromatic ring is 1. The predicted molar refractivity (Wildman–Crippen MR) is 77.2 cm³/mol. The van der Waals surface area contributed by atoms with Gasteiger partial charge < -0.3 is 10.3 Å². The molecule has 104 valence electrons. The van der Waals surface area contributed by atoms with Gasteiger partial charge in [0.05, 0.1) is 11.9 Å². The molecule has 0 unspecified atom stereocenters. The van der Waals surface area contributed by atoms with Crippen LogP contribution in [0.5, 0.6) is 0 Å². The zero-order valence-corrected chi connectivity index (χ0v) is 12.0. The van der Waals surface area contributed by atoms with Crippen LogP contribution in [-0.2, 0) is 0 Å². The Morgan fingerprint density at radius 1 is 1.47 bits per heavy atom. The minimum Gasteiger partial charge on any atom is -0.336 e. The van der Waals surface area contributed by atoms with Crippen molar-refractivity contribution >= 4 is 23.4 Å². The Bertz CT molecular complexity index is 459. The highest BCUT2D eigenvalue weighted by Crippen LogP contribution is 2.19. The number of carbonyl (C=O) groups excluding carboxylic acids is 1. The molecule has 3 N–H and O–H groups in total. The lowest BCUT2D eigenvalue weighted by molar-refractivity contribution is 0.0767. The average Bonchev–Trinajstić information content (AvgIpc) is 2.46. The zero-order valence-electron chi connectivity index (χ0n) is 11.2. The van der Waals surface area contributed by atoms with Crippen molar-refractivity contribution in [1.29, 1.82) is 0 Å². The quantitative estimate of drug-likeness (QED) is 0.637. The Balaban J connectivity index is 2.29. The number of hydrogen-bond acceptors (Lipinski definition) is 6. The SMILES string of the molecule is CC(C)c1ncc(NN)c(C(=O)N2CCSCC2)n1. The molecule has 7 heteroatoms. The molecule has 0 aliphatic carbocycles. The van der Waals surface area contributed by atoms with Crippen molar-refractivity contribution < 1.29 is 4.79 Å². The van der Waals surface area contributed by atoms with Gasteiger partial charge in [-0.3, -0.25) is 10.6 Å². The topological polar surface area (TPSA) is 84.1 Å². The number of nitrogens with two attached hydrogens (primary N) is 1. The number of nitrogens with zero attached hydrogens (tertiary/aromatic N) is 3. The molecule has 1 fully saturated rings. The van der Waals surface area contributed by atoms with E-state index in [1.165, 1.54) is 0 Å². The molecule has 1 aromatic rings. The van der Waals surface area contributed by atoms with Gasteiger partial charge in [-0.05, 0) is 0 Å². The van der Waals surface area contributed by atoms with E-state index in [1.54, 1.807) is 6.20 Å². The number of aromatic nitrogens is 2. The van der Waals surface area contributed by atoms with E-state index in [4.69, 9.17) is 5.84 Å². The summed E-state index contributed by atoms with van der Waals surface area (Å²) in [5, 5.41) is 0. The number of rotatable bonds is 3. The molecule has 6 nitrogen and oxygen atoms in total. The standard InChI is InChI=1S/C12H19N5OS/c1-8(2)11-14-7-9(16-13)10(15-11)12(18)17-3-5-19-6-4-17/h7-8,16H,3-6,13H2,1-2H3. The molecule has 1 aliphatic heterocycles. The van der Waals surface area contributed by atoms with Crippen molar-refractivity contribution in [2.75, 3.05) is 30.0 Å². The summed E-state index contributed by atoms with van der Waals surface area (Å²) in [4.78, 5) is 22.9. The van der Waals surface area contributed by atoms with Crippen LogP contribution in [-0.4, -0.2) is 45.4 Å². The van der Waals surface area contributed by atoms with Gasteiger partial charge in [-0.1, -0.05) is 13.8 Å². The molecule has 2 rings (SSSR count). The van der Waals surface area contributed by atoms with Crippen LogP contribution < -0.4 is 11.3 Å². The molecule has 0 radical (unpaired) electrons. The summed E-state index contributed by atoms with van der Waals surface area (Å²) in [5.41, 5.74) is 3.35. The van der Waals surface area contributed by atoms with Crippen molar-refractivity contribution in [3.63, 3.8) is 0 Å². The van der Waals surface area contributed by atoms with Crippen LogP contribution in [0.25, 0.3) is 0 Å². The second-order valence-corrected chi connectivity index (χ2v) is 5.92. The number of thioether (sulfide) groups is 1. The normalized spacial score (nSPS) is 15.7. The number of hydrazine groups is 1. The highest BCUT2D eigenvalue weighted by Gasteiger charge is 2.23. The molecule has 1 amide bonds. The van der Waals surface area contributed by atoms with Crippen LogP contribution in [0.3, 0.4) is 0 Å². The van der Waals surface area contributed by atoms with E-state index >= 15 is 0 Å². The third-order valence-electron chi connectivity index (χ3n) is 2.98. The van der Waals surface area contributed by atoms with E-state index in [-0.39, 0.29) is 11.8 Å². The van der Waals surface area contributed by atoms with E-state index in [2.05, 4.69) is 15.4 Å². The largest absolute Gasteiger partial charge is 0.336 e. The van der Waals surface area contributed by atoms with Gasteiger partial charge in [-0.2, -0.15) is 11.8 Å². The van der Waals surface area contributed by atoms with Crippen molar-refractivity contribution in [3.8, 4) is 0 Å². The first-order valence-electron chi connectivity index (χ1n) is 6.34. The minimum atomic E-state index is -0.0717. The van der Waals surface area contributed by atoms with E-state index < -0.39 is 0 Å². The van der Waals surface area contributed by atoms with Crippen LogP contribution in [0.2, 0.25) is 0 Å². The lowest BCUT2D eigenvalue weighted by Crippen LogP contribution is -2.39. The fourth-order valence-electron chi connectivity index (χ4n) is 1.86. The second-order valence-electron chi connectivity index (χ2n) is 4.69. The Kier molecular flexibility index (Phi) is 4.60. The molecule has 0 saturated carbocycles. The lowest BCUT2D eigenvalue weighted by atomic mass is 10.2.